The van der Waals surface area contributed by atoms with Crippen LogP contribution in [0.25, 0.3) is 0 Å². The van der Waals surface area contributed by atoms with E-state index < -0.39 is 0 Å². The molecule has 1 aliphatic heterocycles. The summed E-state index contributed by atoms with van der Waals surface area (Å²) >= 11 is 0. The van der Waals surface area contributed by atoms with Gasteiger partial charge in [-0.25, -0.2) is 0 Å². The third-order valence-electron chi connectivity index (χ3n) is 5.10. The molecule has 0 aliphatic carbocycles. The monoisotopic (exact) mass is 387 g/mol. The van der Waals surface area contributed by atoms with Gasteiger partial charge in [0.2, 0.25) is 0 Å². The maximum Gasteiger partial charge on any atom is 0.255 e. The lowest BCUT2D eigenvalue weighted by Gasteiger charge is -2.18. The Kier molecular flexibility index (Phi) is 5.66. The number of carbonyl (C=O) groups excluding carboxylic acids is 1. The van der Waals surface area contributed by atoms with Crippen LogP contribution in [0.5, 0.6) is 5.75 Å². The van der Waals surface area contributed by atoms with Crippen LogP contribution in [0.2, 0.25) is 0 Å². The summed E-state index contributed by atoms with van der Waals surface area (Å²) in [5.41, 5.74) is 4.60. The first-order chi connectivity index (χ1) is 14.2. The van der Waals surface area contributed by atoms with Crippen molar-refractivity contribution in [1.29, 1.82) is 0 Å². The molecule has 0 spiro atoms. The fourth-order valence-electron chi connectivity index (χ4n) is 3.50. The lowest BCUT2D eigenvalue weighted by molar-refractivity contribution is 0.102. The Hall–Kier alpha value is -3.47. The van der Waals surface area contributed by atoms with Crippen molar-refractivity contribution in [1.82, 2.24) is 0 Å². The van der Waals surface area contributed by atoms with Crippen LogP contribution < -0.4 is 20.3 Å². The molecule has 5 heteroatoms. The molecule has 1 amide bonds. The molecule has 1 aliphatic rings. The second kappa shape index (κ2) is 8.69. The molecule has 29 heavy (non-hydrogen) atoms. The largest absolute Gasteiger partial charge is 0.497 e. The number of nitrogens with one attached hydrogen (secondary N) is 2. The van der Waals surface area contributed by atoms with E-state index in [-0.39, 0.29) is 5.91 Å². The number of nitrogens with zero attached hydrogens (tertiary/aromatic N) is 1. The summed E-state index contributed by atoms with van der Waals surface area (Å²) in [6.07, 6.45) is 2.56. The van der Waals surface area contributed by atoms with Crippen LogP contribution in [-0.2, 0) is 0 Å². The second-order valence-electron chi connectivity index (χ2n) is 7.13. The van der Waals surface area contributed by atoms with Gasteiger partial charge in [0.05, 0.1) is 7.11 Å². The smallest absolute Gasteiger partial charge is 0.255 e. The van der Waals surface area contributed by atoms with E-state index in [1.165, 1.54) is 18.5 Å². The third-order valence-corrected chi connectivity index (χ3v) is 5.10. The summed E-state index contributed by atoms with van der Waals surface area (Å²) in [6, 6.07) is 23.3. The Morgan fingerprint density at radius 3 is 2.14 bits per heavy atom. The first-order valence-electron chi connectivity index (χ1n) is 9.89. The Balaban J connectivity index is 1.36. The van der Waals surface area contributed by atoms with Crippen molar-refractivity contribution < 1.29 is 9.53 Å². The summed E-state index contributed by atoms with van der Waals surface area (Å²) in [5, 5.41) is 6.31. The molecule has 4 rings (SSSR count). The number of ether oxygens (including phenoxy) is 1. The molecule has 3 aromatic rings. The van der Waals surface area contributed by atoms with Crippen LogP contribution in [0, 0.1) is 0 Å². The molecule has 0 radical (unpaired) electrons. The maximum absolute atomic E-state index is 12.4. The van der Waals surface area contributed by atoms with Crippen molar-refractivity contribution in [3.63, 3.8) is 0 Å². The zero-order valence-electron chi connectivity index (χ0n) is 16.5. The molecular weight excluding hydrogens is 362 g/mol. The van der Waals surface area contributed by atoms with Gasteiger partial charge < -0.3 is 20.3 Å². The Labute approximate surface area is 171 Å². The molecule has 0 bridgehead atoms. The van der Waals surface area contributed by atoms with Crippen LogP contribution in [-0.4, -0.2) is 26.1 Å². The first-order valence-corrected chi connectivity index (χ1v) is 9.89. The standard InChI is InChI=1S/C24H25N3O2/c1-29-23-6-4-5-18(17-23)24(28)26-21-9-7-19(8-10-21)25-20-11-13-22(14-12-20)27-15-2-3-16-27/h4-14,17,25H,2-3,15-16H2,1H3,(H,26,28). The van der Waals surface area contributed by atoms with Crippen LogP contribution in [0.15, 0.2) is 72.8 Å². The minimum atomic E-state index is -0.165. The molecule has 5 nitrogen and oxygen atoms in total. The van der Waals surface area contributed by atoms with Gasteiger partial charge in [-0.2, -0.15) is 0 Å². The Bertz CT molecular complexity index is 962. The van der Waals surface area contributed by atoms with Crippen LogP contribution in [0.3, 0.4) is 0 Å². The van der Waals surface area contributed by atoms with Gasteiger partial charge in [0.1, 0.15) is 5.75 Å². The van der Waals surface area contributed by atoms with E-state index in [9.17, 15) is 4.79 Å². The molecule has 0 saturated carbocycles. The molecule has 1 heterocycles. The molecule has 0 atom stereocenters. The summed E-state index contributed by atoms with van der Waals surface area (Å²) in [4.78, 5) is 14.8. The quantitative estimate of drug-likeness (QED) is 0.603. The van der Waals surface area contributed by atoms with Crippen LogP contribution in [0.1, 0.15) is 23.2 Å². The predicted octanol–water partition coefficient (Wildman–Crippen LogP) is 5.29. The highest BCUT2D eigenvalue weighted by Gasteiger charge is 2.12. The predicted molar refractivity (Wildman–Crippen MR) is 119 cm³/mol. The zero-order chi connectivity index (χ0) is 20.1. The Morgan fingerprint density at radius 2 is 1.48 bits per heavy atom. The number of anilines is 4. The molecule has 1 fully saturated rings. The number of carbonyl (C=O) groups is 1. The molecule has 3 aromatic carbocycles. The third kappa shape index (κ3) is 4.69. The number of hydrogen-bond donors (Lipinski definition) is 2. The highest BCUT2D eigenvalue weighted by molar-refractivity contribution is 6.04. The van der Waals surface area contributed by atoms with Gasteiger partial charge in [-0.1, -0.05) is 6.07 Å². The summed E-state index contributed by atoms with van der Waals surface area (Å²) in [5.74, 6) is 0.495. The average Bonchev–Trinajstić information content (AvgIpc) is 3.31. The zero-order valence-corrected chi connectivity index (χ0v) is 16.5. The highest BCUT2D eigenvalue weighted by Crippen LogP contribution is 2.24. The van der Waals surface area contributed by atoms with E-state index in [2.05, 4.69) is 39.8 Å². The molecular formula is C24H25N3O2. The van der Waals surface area contributed by atoms with Gasteiger partial charge in [0.15, 0.2) is 0 Å². The number of amides is 1. The molecule has 0 aromatic heterocycles. The number of benzene rings is 3. The van der Waals surface area contributed by atoms with E-state index in [0.29, 0.717) is 11.3 Å². The van der Waals surface area contributed by atoms with Gasteiger partial charge in [0, 0.05) is 41.4 Å². The van der Waals surface area contributed by atoms with Crippen LogP contribution in [0.4, 0.5) is 22.7 Å². The molecule has 148 valence electrons. The summed E-state index contributed by atoms with van der Waals surface area (Å²) in [6.45, 7) is 2.30. The van der Waals surface area contributed by atoms with Crippen molar-refractivity contribution in [3.05, 3.63) is 78.4 Å². The molecule has 2 N–H and O–H groups in total. The normalized spacial score (nSPS) is 13.2. The summed E-state index contributed by atoms with van der Waals surface area (Å²) < 4.78 is 5.17. The van der Waals surface area contributed by atoms with Gasteiger partial charge in [-0.05, 0) is 79.6 Å². The molecule has 0 unspecified atom stereocenters. The number of hydrogen-bond acceptors (Lipinski definition) is 4. The van der Waals surface area contributed by atoms with E-state index in [4.69, 9.17) is 4.74 Å². The van der Waals surface area contributed by atoms with E-state index >= 15 is 0 Å². The van der Waals surface area contributed by atoms with Crippen molar-refractivity contribution >= 4 is 28.7 Å². The fraction of sp³-hybridized carbons (Fsp3) is 0.208. The van der Waals surface area contributed by atoms with Crippen molar-refractivity contribution in [2.45, 2.75) is 12.8 Å². The summed E-state index contributed by atoms with van der Waals surface area (Å²) in [7, 11) is 1.59. The topological polar surface area (TPSA) is 53.6 Å². The lowest BCUT2D eigenvalue weighted by atomic mass is 10.2. The SMILES string of the molecule is COc1cccc(C(=O)Nc2ccc(Nc3ccc(N4CCCC4)cc3)cc2)c1. The van der Waals surface area contributed by atoms with Crippen LogP contribution >= 0.6 is 0 Å². The van der Waals surface area contributed by atoms with E-state index in [1.54, 1.807) is 25.3 Å². The fourth-order valence-corrected chi connectivity index (χ4v) is 3.50. The number of rotatable bonds is 6. The highest BCUT2D eigenvalue weighted by atomic mass is 16.5. The lowest BCUT2D eigenvalue weighted by Crippen LogP contribution is -2.17. The minimum Gasteiger partial charge on any atom is -0.497 e. The second-order valence-corrected chi connectivity index (χ2v) is 7.13. The van der Waals surface area contributed by atoms with Crippen molar-refractivity contribution in [2.75, 3.05) is 35.7 Å². The first kappa shape index (κ1) is 18.9. The Morgan fingerprint density at radius 1 is 0.862 bits per heavy atom. The average molecular weight is 387 g/mol. The number of methoxy groups -OCH3 is 1. The molecule has 1 saturated heterocycles. The van der Waals surface area contributed by atoms with Gasteiger partial charge >= 0.3 is 0 Å². The minimum absolute atomic E-state index is 0.165. The van der Waals surface area contributed by atoms with Crippen molar-refractivity contribution in [2.24, 2.45) is 0 Å². The maximum atomic E-state index is 12.4. The van der Waals surface area contributed by atoms with Gasteiger partial charge in [-0.3, -0.25) is 4.79 Å². The van der Waals surface area contributed by atoms with Gasteiger partial charge in [-0.15, -0.1) is 0 Å². The van der Waals surface area contributed by atoms with Crippen molar-refractivity contribution in [3.8, 4) is 5.75 Å². The van der Waals surface area contributed by atoms with Gasteiger partial charge in [0.25, 0.3) is 5.91 Å². The van der Waals surface area contributed by atoms with E-state index in [1.807, 2.05) is 30.3 Å². The van der Waals surface area contributed by atoms with E-state index in [0.717, 1.165) is 30.2 Å².